The molecule has 0 spiro atoms. The van der Waals surface area contributed by atoms with E-state index >= 15 is 0 Å². The molecule has 1 heteroatoms. The van der Waals surface area contributed by atoms with Gasteiger partial charge in [-0.05, 0) is 73.8 Å². The summed E-state index contributed by atoms with van der Waals surface area (Å²) in [5.41, 5.74) is 2.99. The van der Waals surface area contributed by atoms with E-state index in [1.807, 2.05) is 0 Å². The number of rotatable bonds is 8. The summed E-state index contributed by atoms with van der Waals surface area (Å²) in [6, 6.07) is 12.1. The average molecular weight is 380 g/mol. The molecule has 2 aliphatic carbocycles. The molecule has 28 heavy (non-hydrogen) atoms. The quantitative estimate of drug-likeness (QED) is 0.446. The summed E-state index contributed by atoms with van der Waals surface area (Å²) in [6.07, 6.45) is 18.3. The molecule has 0 atom stereocenters. The third-order valence-corrected chi connectivity index (χ3v) is 8.08. The molecule has 2 saturated carbocycles. The minimum Gasteiger partial charge on any atom is -0.198 e. The number of hydrogen-bond donors (Lipinski definition) is 0. The molecular formula is C27H41N. The van der Waals surface area contributed by atoms with Crippen molar-refractivity contribution in [2.24, 2.45) is 17.3 Å². The van der Waals surface area contributed by atoms with E-state index in [4.69, 9.17) is 0 Å². The van der Waals surface area contributed by atoms with Crippen LogP contribution in [-0.2, 0) is 6.42 Å². The van der Waals surface area contributed by atoms with Crippen LogP contribution in [0.5, 0.6) is 0 Å². The van der Waals surface area contributed by atoms with Gasteiger partial charge in [0.15, 0.2) is 0 Å². The number of unbranched alkanes of at least 4 members (excludes halogenated alkanes) is 1. The van der Waals surface area contributed by atoms with Gasteiger partial charge in [-0.15, -0.1) is 0 Å². The molecular weight excluding hydrogens is 338 g/mol. The van der Waals surface area contributed by atoms with Crippen molar-refractivity contribution in [1.82, 2.24) is 0 Å². The van der Waals surface area contributed by atoms with Crippen LogP contribution in [0.1, 0.15) is 114 Å². The molecule has 0 aliphatic heterocycles. The van der Waals surface area contributed by atoms with Crippen molar-refractivity contribution in [3.05, 3.63) is 35.4 Å². The first-order valence-electron chi connectivity index (χ1n) is 12.2. The smallest absolute Gasteiger partial charge is 0.0689 e. The van der Waals surface area contributed by atoms with Crippen LogP contribution >= 0.6 is 0 Å². The van der Waals surface area contributed by atoms with Gasteiger partial charge in [0.25, 0.3) is 0 Å². The molecule has 0 radical (unpaired) electrons. The second-order valence-electron chi connectivity index (χ2n) is 9.83. The zero-order chi connectivity index (χ0) is 19.8. The molecule has 154 valence electrons. The highest BCUT2D eigenvalue weighted by Gasteiger charge is 2.34. The van der Waals surface area contributed by atoms with Crippen LogP contribution < -0.4 is 0 Å². The normalized spacial score (nSPS) is 30.7. The van der Waals surface area contributed by atoms with E-state index in [1.165, 1.54) is 81.8 Å². The Kier molecular flexibility index (Phi) is 8.01. The Morgan fingerprint density at radius 3 is 2.04 bits per heavy atom. The lowest BCUT2D eigenvalue weighted by molar-refractivity contribution is 0.238. The van der Waals surface area contributed by atoms with Gasteiger partial charge in [-0.25, -0.2) is 0 Å². The van der Waals surface area contributed by atoms with Gasteiger partial charge in [-0.2, -0.15) is 5.26 Å². The molecule has 0 amide bonds. The van der Waals surface area contributed by atoms with Gasteiger partial charge in [0, 0.05) is 0 Å². The molecule has 0 unspecified atom stereocenters. The SMILES string of the molecule is CCCCC1CCC(CCc2ccc(C3CCC(C#N)(CC)CC3)cc2)CC1. The average Bonchev–Trinajstić information content (AvgIpc) is 2.77. The maximum atomic E-state index is 9.50. The van der Waals surface area contributed by atoms with Crippen molar-refractivity contribution in [1.29, 1.82) is 5.26 Å². The second kappa shape index (κ2) is 10.5. The fourth-order valence-corrected chi connectivity index (χ4v) is 5.68. The third kappa shape index (κ3) is 5.62. The van der Waals surface area contributed by atoms with Gasteiger partial charge < -0.3 is 0 Å². The van der Waals surface area contributed by atoms with Crippen molar-refractivity contribution < 1.29 is 0 Å². The van der Waals surface area contributed by atoms with E-state index in [9.17, 15) is 5.26 Å². The first-order valence-corrected chi connectivity index (χ1v) is 12.2. The molecule has 1 nitrogen and oxygen atoms in total. The minimum absolute atomic E-state index is 0.0357. The Bertz CT molecular complexity index is 607. The van der Waals surface area contributed by atoms with Crippen LogP contribution in [0.25, 0.3) is 0 Å². The fourth-order valence-electron chi connectivity index (χ4n) is 5.68. The fraction of sp³-hybridized carbons (Fsp3) is 0.741. The standard InChI is InChI=1S/C27H41N/c1-3-5-6-22-7-9-23(10-8-22)11-12-24-13-15-25(16-14-24)26-17-19-27(4-2,21-28)20-18-26/h13-16,22-23,26H,3-12,17-20H2,1-2H3. The van der Waals surface area contributed by atoms with Crippen LogP contribution in [0.4, 0.5) is 0 Å². The lowest BCUT2D eigenvalue weighted by Gasteiger charge is -2.34. The van der Waals surface area contributed by atoms with Crippen LogP contribution in [0.3, 0.4) is 0 Å². The van der Waals surface area contributed by atoms with Crippen LogP contribution in [0.2, 0.25) is 0 Å². The molecule has 0 bridgehead atoms. The predicted octanol–water partition coefficient (Wildman–Crippen LogP) is 8.19. The van der Waals surface area contributed by atoms with Crippen molar-refractivity contribution in [2.75, 3.05) is 0 Å². The second-order valence-corrected chi connectivity index (χ2v) is 9.83. The van der Waals surface area contributed by atoms with Crippen LogP contribution in [-0.4, -0.2) is 0 Å². The molecule has 3 rings (SSSR count). The van der Waals surface area contributed by atoms with E-state index in [-0.39, 0.29) is 5.41 Å². The number of aryl methyl sites for hydroxylation is 1. The van der Waals surface area contributed by atoms with E-state index < -0.39 is 0 Å². The lowest BCUT2D eigenvalue weighted by Crippen LogP contribution is -2.24. The van der Waals surface area contributed by atoms with Crippen LogP contribution in [0.15, 0.2) is 24.3 Å². The molecule has 0 saturated heterocycles. The van der Waals surface area contributed by atoms with E-state index in [1.54, 1.807) is 0 Å². The molecule has 2 aliphatic rings. The van der Waals surface area contributed by atoms with Crippen LogP contribution in [0, 0.1) is 28.6 Å². The largest absolute Gasteiger partial charge is 0.198 e. The lowest BCUT2D eigenvalue weighted by atomic mass is 9.68. The first-order chi connectivity index (χ1) is 13.7. The van der Waals surface area contributed by atoms with Gasteiger partial charge in [0.1, 0.15) is 0 Å². The zero-order valence-corrected chi connectivity index (χ0v) is 18.4. The van der Waals surface area contributed by atoms with Gasteiger partial charge >= 0.3 is 0 Å². The van der Waals surface area contributed by atoms with E-state index in [2.05, 4.69) is 44.2 Å². The summed E-state index contributed by atoms with van der Waals surface area (Å²) in [6.45, 7) is 4.49. The summed E-state index contributed by atoms with van der Waals surface area (Å²) in [7, 11) is 0. The summed E-state index contributed by atoms with van der Waals surface area (Å²) in [5, 5.41) is 9.50. The highest BCUT2D eigenvalue weighted by Crippen LogP contribution is 2.44. The molecule has 0 aromatic heterocycles. The summed E-state index contributed by atoms with van der Waals surface area (Å²) >= 11 is 0. The molecule has 2 fully saturated rings. The highest BCUT2D eigenvalue weighted by molar-refractivity contribution is 5.26. The van der Waals surface area contributed by atoms with E-state index in [0.29, 0.717) is 5.92 Å². The number of hydrogen-bond acceptors (Lipinski definition) is 1. The number of nitriles is 1. The summed E-state index contributed by atoms with van der Waals surface area (Å²) in [4.78, 5) is 0. The summed E-state index contributed by atoms with van der Waals surface area (Å²) < 4.78 is 0. The minimum atomic E-state index is -0.0357. The van der Waals surface area contributed by atoms with Crippen molar-refractivity contribution >= 4 is 0 Å². The maximum absolute atomic E-state index is 9.50. The molecule has 1 aromatic carbocycles. The van der Waals surface area contributed by atoms with Gasteiger partial charge in [0.2, 0.25) is 0 Å². The van der Waals surface area contributed by atoms with Gasteiger partial charge in [-0.3, -0.25) is 0 Å². The predicted molar refractivity (Wildman–Crippen MR) is 119 cm³/mol. The Labute approximate surface area is 173 Å². The molecule has 0 heterocycles. The Morgan fingerprint density at radius 2 is 1.50 bits per heavy atom. The molecule has 0 N–H and O–H groups in total. The monoisotopic (exact) mass is 379 g/mol. The first kappa shape index (κ1) is 21.4. The highest BCUT2D eigenvalue weighted by atomic mass is 14.4. The molecule has 1 aromatic rings. The Balaban J connectivity index is 1.41. The van der Waals surface area contributed by atoms with Crippen molar-refractivity contribution in [2.45, 2.75) is 110 Å². The third-order valence-electron chi connectivity index (χ3n) is 8.08. The number of benzene rings is 1. The Morgan fingerprint density at radius 1 is 0.893 bits per heavy atom. The van der Waals surface area contributed by atoms with Gasteiger partial charge in [0.05, 0.1) is 11.5 Å². The van der Waals surface area contributed by atoms with Crippen molar-refractivity contribution in [3.63, 3.8) is 0 Å². The topological polar surface area (TPSA) is 23.8 Å². The van der Waals surface area contributed by atoms with Gasteiger partial charge in [-0.1, -0.05) is 83.1 Å². The maximum Gasteiger partial charge on any atom is 0.0689 e. The summed E-state index contributed by atoms with van der Waals surface area (Å²) in [5.74, 6) is 2.66. The zero-order valence-electron chi connectivity index (χ0n) is 18.4. The number of nitrogens with zero attached hydrogens (tertiary/aromatic N) is 1. The van der Waals surface area contributed by atoms with Crippen molar-refractivity contribution in [3.8, 4) is 6.07 Å². The Hall–Kier alpha value is -1.29. The van der Waals surface area contributed by atoms with E-state index in [0.717, 1.165) is 31.1 Å².